The minimum absolute atomic E-state index is 0.0589. The molecule has 0 unspecified atom stereocenters. The molecule has 10 nitrogen and oxygen atoms in total. The van der Waals surface area contributed by atoms with Crippen LogP contribution in [0.15, 0.2) is 42.0 Å². The topological polar surface area (TPSA) is 117 Å². The first-order valence-corrected chi connectivity index (χ1v) is 15.2. The number of ether oxygens (including phenoxy) is 1. The Kier molecular flexibility index (Phi) is 7.75. The van der Waals surface area contributed by atoms with Crippen LogP contribution in [0.5, 0.6) is 0 Å². The highest BCUT2D eigenvalue weighted by Crippen LogP contribution is 2.42. The van der Waals surface area contributed by atoms with E-state index in [9.17, 15) is 9.90 Å². The Bertz CT molecular complexity index is 1570. The summed E-state index contributed by atoms with van der Waals surface area (Å²) in [7, 11) is 0. The maximum atomic E-state index is 15.0. The fourth-order valence-electron chi connectivity index (χ4n) is 5.20. The smallest absolute Gasteiger partial charge is 0.410 e. The van der Waals surface area contributed by atoms with Crippen molar-refractivity contribution in [3.63, 3.8) is 0 Å². The van der Waals surface area contributed by atoms with Crippen molar-refractivity contribution in [1.29, 1.82) is 0 Å². The molecule has 42 heavy (non-hydrogen) atoms. The molecule has 222 valence electrons. The zero-order valence-electron chi connectivity index (χ0n) is 24.0. The minimum atomic E-state index is -0.688. The first-order valence-electron chi connectivity index (χ1n) is 14.4. The van der Waals surface area contributed by atoms with Crippen LogP contribution in [0.4, 0.5) is 20.8 Å². The monoisotopic (exact) mass is 593 g/mol. The number of carbonyl (C=O) groups excluding carboxylic acids is 1. The first kappa shape index (κ1) is 28.4. The largest absolute Gasteiger partial charge is 0.444 e. The number of likely N-dealkylation sites (tertiary alicyclic amines) is 1. The normalized spacial score (nSPS) is 19.2. The number of rotatable bonds is 8. The van der Waals surface area contributed by atoms with Crippen LogP contribution in [-0.4, -0.2) is 67.0 Å². The summed E-state index contributed by atoms with van der Waals surface area (Å²) in [6.45, 7) is 6.98. The Balaban J connectivity index is 1.15. The molecule has 0 spiro atoms. The third-order valence-electron chi connectivity index (χ3n) is 7.63. The van der Waals surface area contributed by atoms with E-state index in [1.165, 1.54) is 17.4 Å². The van der Waals surface area contributed by atoms with Crippen LogP contribution in [0.1, 0.15) is 57.1 Å². The molecule has 3 aromatic heterocycles. The Morgan fingerprint density at radius 2 is 2.05 bits per heavy atom. The fraction of sp³-hybridized carbons (Fsp3) is 0.467. The van der Waals surface area contributed by atoms with Crippen molar-refractivity contribution in [3.8, 4) is 10.6 Å². The highest BCUT2D eigenvalue weighted by Gasteiger charge is 2.33. The first-order chi connectivity index (χ1) is 20.1. The lowest BCUT2D eigenvalue weighted by molar-refractivity contribution is -0.0104. The number of fused-ring (bicyclic) bond motifs is 1. The number of piperidine rings is 1. The summed E-state index contributed by atoms with van der Waals surface area (Å²) in [5, 5.41) is 24.8. The molecule has 3 N–H and O–H groups in total. The second kappa shape index (κ2) is 11.5. The molecular weight excluding hydrogens is 557 g/mol. The van der Waals surface area contributed by atoms with Crippen LogP contribution >= 0.6 is 11.3 Å². The van der Waals surface area contributed by atoms with Crippen molar-refractivity contribution in [3.05, 3.63) is 59.0 Å². The van der Waals surface area contributed by atoms with Gasteiger partial charge in [-0.2, -0.15) is 9.61 Å². The number of thiazole rings is 1. The molecule has 0 radical (unpaired) electrons. The quantitative estimate of drug-likeness (QED) is 0.245. The highest BCUT2D eigenvalue weighted by atomic mass is 32.1. The van der Waals surface area contributed by atoms with Crippen molar-refractivity contribution in [2.75, 3.05) is 30.3 Å². The van der Waals surface area contributed by atoms with Gasteiger partial charge in [-0.3, -0.25) is 0 Å². The number of aliphatic hydroxyl groups is 1. The maximum absolute atomic E-state index is 15.0. The summed E-state index contributed by atoms with van der Waals surface area (Å²) in [5.74, 6) is 1.43. The number of β-amino-alcohol motifs (C(OH)–C–C–N with tert-alkyl or cyclic N) is 1. The zero-order valence-corrected chi connectivity index (χ0v) is 24.8. The van der Waals surface area contributed by atoms with Gasteiger partial charge in [0.2, 0.25) is 0 Å². The van der Waals surface area contributed by atoms with E-state index in [-0.39, 0.29) is 24.8 Å². The van der Waals surface area contributed by atoms with Gasteiger partial charge in [0.05, 0.1) is 18.8 Å². The van der Waals surface area contributed by atoms with Crippen LogP contribution in [-0.2, 0) is 11.3 Å². The molecule has 4 aromatic rings. The summed E-state index contributed by atoms with van der Waals surface area (Å²) < 4.78 is 22.3. The summed E-state index contributed by atoms with van der Waals surface area (Å²) in [4.78, 5) is 23.2. The van der Waals surface area contributed by atoms with Crippen LogP contribution in [0.3, 0.4) is 0 Å². The molecule has 2 fully saturated rings. The van der Waals surface area contributed by atoms with Gasteiger partial charge in [-0.05, 0) is 52.0 Å². The van der Waals surface area contributed by atoms with Crippen LogP contribution in [0.2, 0.25) is 0 Å². The molecule has 1 saturated carbocycles. The lowest BCUT2D eigenvalue weighted by Crippen LogP contribution is -2.49. The molecule has 1 aliphatic heterocycles. The molecule has 2 aliphatic rings. The molecule has 2 atom stereocenters. The van der Waals surface area contributed by atoms with Gasteiger partial charge in [0.15, 0.2) is 5.65 Å². The average molecular weight is 594 g/mol. The number of halogens is 1. The summed E-state index contributed by atoms with van der Waals surface area (Å²) in [6.07, 6.45) is 5.35. The van der Waals surface area contributed by atoms with Gasteiger partial charge in [-0.1, -0.05) is 12.1 Å². The van der Waals surface area contributed by atoms with Gasteiger partial charge in [-0.15, -0.1) is 11.3 Å². The van der Waals surface area contributed by atoms with Crippen molar-refractivity contribution in [2.24, 2.45) is 5.92 Å². The third-order valence-corrected chi connectivity index (χ3v) is 8.45. The summed E-state index contributed by atoms with van der Waals surface area (Å²) in [5.41, 5.74) is 2.57. The molecule has 1 amide bonds. The number of anilines is 2. The molecule has 0 bridgehead atoms. The Hall–Kier alpha value is -3.77. The fourth-order valence-corrected chi connectivity index (χ4v) is 5.84. The van der Waals surface area contributed by atoms with E-state index < -0.39 is 17.8 Å². The Morgan fingerprint density at radius 3 is 2.74 bits per heavy atom. The van der Waals surface area contributed by atoms with E-state index in [0.29, 0.717) is 42.6 Å². The number of hydrogen-bond donors (Lipinski definition) is 3. The van der Waals surface area contributed by atoms with Gasteiger partial charge in [-0.25, -0.2) is 19.2 Å². The predicted octanol–water partition coefficient (Wildman–Crippen LogP) is 5.51. The van der Waals surface area contributed by atoms with E-state index in [2.05, 4.69) is 20.7 Å². The van der Waals surface area contributed by atoms with Crippen molar-refractivity contribution in [1.82, 2.24) is 24.5 Å². The standard InChI is InChI=1S/C30H36FN7O3S/c1-30(2,3)41-29(40)37-10-8-21(24(39)17-37)15-33-25-13-26(38-27(36-25)22(16-35-38)18-4-5-18)34-14-20-7-6-19(12-23(20)31)28-32-9-11-42-28/h6-7,9,11-13,16,18,21,24,34,39H,4-5,8,10,14-15,17H2,1-3H3,(H,33,36)/t21-,24+/m1/s1. The van der Waals surface area contributed by atoms with Crippen LogP contribution in [0.25, 0.3) is 16.2 Å². The van der Waals surface area contributed by atoms with Crippen molar-refractivity contribution in [2.45, 2.75) is 64.2 Å². The number of aromatic nitrogens is 4. The van der Waals surface area contributed by atoms with E-state index in [1.54, 1.807) is 21.7 Å². The van der Waals surface area contributed by atoms with E-state index in [0.717, 1.165) is 34.6 Å². The van der Waals surface area contributed by atoms with Gasteiger partial charge in [0, 0.05) is 59.9 Å². The SMILES string of the molecule is CC(C)(C)OC(=O)N1CC[C@H](CNc2cc(NCc3ccc(-c4nccs4)cc3F)n3ncc(C4CC4)c3n2)[C@@H](O)C1. The van der Waals surface area contributed by atoms with E-state index in [4.69, 9.17) is 9.72 Å². The number of aliphatic hydroxyl groups excluding tert-OH is 1. The number of benzene rings is 1. The molecule has 12 heteroatoms. The number of nitrogens with zero attached hydrogens (tertiary/aromatic N) is 5. The van der Waals surface area contributed by atoms with E-state index >= 15 is 4.39 Å². The van der Waals surface area contributed by atoms with Crippen LogP contribution < -0.4 is 10.6 Å². The third kappa shape index (κ3) is 6.34. The van der Waals surface area contributed by atoms with Gasteiger partial charge < -0.3 is 25.4 Å². The minimum Gasteiger partial charge on any atom is -0.444 e. The molecule has 1 aromatic carbocycles. The van der Waals surface area contributed by atoms with Gasteiger partial charge in [0.1, 0.15) is 28.1 Å². The van der Waals surface area contributed by atoms with Crippen molar-refractivity contribution >= 4 is 34.7 Å². The predicted molar refractivity (Wildman–Crippen MR) is 160 cm³/mol. The average Bonchev–Trinajstić information content (AvgIpc) is 3.45. The number of hydrogen-bond acceptors (Lipinski definition) is 9. The number of carbonyl (C=O) groups is 1. The second-order valence-corrected chi connectivity index (χ2v) is 13.0. The Morgan fingerprint density at radius 1 is 1.21 bits per heavy atom. The highest BCUT2D eigenvalue weighted by molar-refractivity contribution is 7.13. The molecule has 6 rings (SSSR count). The second-order valence-electron chi connectivity index (χ2n) is 12.1. The molecule has 1 saturated heterocycles. The van der Waals surface area contributed by atoms with Gasteiger partial charge in [0.25, 0.3) is 0 Å². The lowest BCUT2D eigenvalue weighted by Gasteiger charge is -2.36. The van der Waals surface area contributed by atoms with E-state index in [1.807, 2.05) is 44.5 Å². The molecule has 4 heterocycles. The Labute approximate surface area is 247 Å². The van der Waals surface area contributed by atoms with Crippen molar-refractivity contribution < 1.29 is 19.0 Å². The number of nitrogens with one attached hydrogen (secondary N) is 2. The summed E-state index contributed by atoms with van der Waals surface area (Å²) >= 11 is 1.47. The zero-order chi connectivity index (χ0) is 29.4. The van der Waals surface area contributed by atoms with Gasteiger partial charge >= 0.3 is 6.09 Å². The number of amides is 1. The van der Waals surface area contributed by atoms with Crippen LogP contribution in [0, 0.1) is 11.7 Å². The molecular formula is C30H36FN7O3S. The lowest BCUT2D eigenvalue weighted by atomic mass is 9.94. The maximum Gasteiger partial charge on any atom is 0.410 e. The molecule has 1 aliphatic carbocycles. The summed E-state index contributed by atoms with van der Waals surface area (Å²) in [6, 6.07) is 7.04.